The van der Waals surface area contributed by atoms with Gasteiger partial charge in [0.05, 0.1) is 18.6 Å². The molecule has 1 heterocycles. The van der Waals surface area contributed by atoms with Crippen LogP contribution in [-0.4, -0.2) is 25.5 Å². The quantitative estimate of drug-likeness (QED) is 0.701. The van der Waals surface area contributed by atoms with Gasteiger partial charge in [0.25, 0.3) is 0 Å². The van der Waals surface area contributed by atoms with Crippen LogP contribution in [0.3, 0.4) is 0 Å². The Labute approximate surface area is 78.6 Å². The van der Waals surface area contributed by atoms with Crippen LogP contribution in [0.25, 0.3) is 0 Å². The number of hydrogen-bond donors (Lipinski definition) is 1. The number of ether oxygens (including phenoxy) is 1. The molecule has 0 radical (unpaired) electrons. The molecule has 1 aliphatic heterocycles. The largest absolute Gasteiger partial charge is 0.379 e. The van der Waals surface area contributed by atoms with Gasteiger partial charge in [-0.25, -0.2) is 0 Å². The van der Waals surface area contributed by atoms with Gasteiger partial charge in [-0.3, -0.25) is 4.79 Å². The Bertz CT molecular complexity index is 199. The normalized spacial score (nSPS) is 27.2. The molecule has 2 rings (SSSR count). The van der Waals surface area contributed by atoms with E-state index in [1.165, 1.54) is 12.8 Å². The van der Waals surface area contributed by atoms with E-state index in [-0.39, 0.29) is 11.3 Å². The fraction of sp³-hybridized carbons (Fsp3) is 0.900. The molecule has 0 spiro atoms. The fourth-order valence-corrected chi connectivity index (χ4v) is 2.33. The van der Waals surface area contributed by atoms with Gasteiger partial charge in [0.1, 0.15) is 5.78 Å². The number of hydrogen-bond acceptors (Lipinski definition) is 3. The summed E-state index contributed by atoms with van der Waals surface area (Å²) in [5.74, 6) is 0.659. The van der Waals surface area contributed by atoms with E-state index in [0.29, 0.717) is 25.5 Å². The van der Waals surface area contributed by atoms with E-state index in [1.807, 2.05) is 0 Å². The summed E-state index contributed by atoms with van der Waals surface area (Å²) in [6.07, 6.45) is 4.55. The van der Waals surface area contributed by atoms with Crippen molar-refractivity contribution in [3.63, 3.8) is 0 Å². The maximum absolute atomic E-state index is 12.0. The molecule has 0 unspecified atom stereocenters. The van der Waals surface area contributed by atoms with Crippen LogP contribution in [0.4, 0.5) is 0 Å². The van der Waals surface area contributed by atoms with Crippen molar-refractivity contribution in [2.75, 3.05) is 19.8 Å². The summed E-state index contributed by atoms with van der Waals surface area (Å²) in [7, 11) is 0. The summed E-state index contributed by atoms with van der Waals surface area (Å²) in [4.78, 5) is 12.0. The lowest BCUT2D eigenvalue weighted by Crippen LogP contribution is -2.55. The van der Waals surface area contributed by atoms with Gasteiger partial charge in [-0.15, -0.1) is 0 Å². The number of ketones is 1. The van der Waals surface area contributed by atoms with E-state index < -0.39 is 0 Å². The zero-order chi connectivity index (χ0) is 9.31. The Morgan fingerprint density at radius 3 is 2.38 bits per heavy atom. The van der Waals surface area contributed by atoms with Crippen LogP contribution in [-0.2, 0) is 9.53 Å². The molecule has 1 saturated carbocycles. The third kappa shape index (κ3) is 1.40. The van der Waals surface area contributed by atoms with Crippen molar-refractivity contribution in [1.29, 1.82) is 0 Å². The molecule has 74 valence electrons. The molecule has 3 heteroatoms. The fourth-order valence-electron chi connectivity index (χ4n) is 2.33. The van der Waals surface area contributed by atoms with Crippen molar-refractivity contribution in [2.24, 2.45) is 17.1 Å². The lowest BCUT2D eigenvalue weighted by atomic mass is 9.75. The third-order valence-electron chi connectivity index (χ3n) is 3.40. The maximum Gasteiger partial charge on any atom is 0.148 e. The van der Waals surface area contributed by atoms with Crippen molar-refractivity contribution < 1.29 is 9.53 Å². The zero-order valence-electron chi connectivity index (χ0n) is 7.92. The summed E-state index contributed by atoms with van der Waals surface area (Å²) in [5, 5.41) is 0. The molecule has 0 aromatic rings. The Kier molecular flexibility index (Phi) is 2.39. The Hall–Kier alpha value is -0.410. The minimum atomic E-state index is -0.297. The molecule has 0 bridgehead atoms. The van der Waals surface area contributed by atoms with Gasteiger partial charge < -0.3 is 10.5 Å². The highest BCUT2D eigenvalue weighted by Crippen LogP contribution is 2.36. The first kappa shape index (κ1) is 9.16. The monoisotopic (exact) mass is 183 g/mol. The molecule has 2 N–H and O–H groups in total. The minimum absolute atomic E-state index is 0.285. The van der Waals surface area contributed by atoms with E-state index in [9.17, 15) is 4.79 Å². The molecule has 0 aromatic heterocycles. The summed E-state index contributed by atoms with van der Waals surface area (Å²) in [6.45, 7) is 1.57. The highest BCUT2D eigenvalue weighted by molar-refractivity contribution is 5.88. The molecule has 1 aliphatic carbocycles. The van der Waals surface area contributed by atoms with Gasteiger partial charge in [0.2, 0.25) is 0 Å². The van der Waals surface area contributed by atoms with Gasteiger partial charge in [0, 0.05) is 12.5 Å². The highest BCUT2D eigenvalue weighted by Gasteiger charge is 2.47. The van der Waals surface area contributed by atoms with Crippen LogP contribution in [0.1, 0.15) is 25.7 Å². The molecule has 13 heavy (non-hydrogen) atoms. The number of nitrogens with two attached hydrogens (primary N) is 1. The smallest absolute Gasteiger partial charge is 0.148 e. The Morgan fingerprint density at radius 1 is 1.38 bits per heavy atom. The summed E-state index contributed by atoms with van der Waals surface area (Å²) >= 11 is 0. The zero-order valence-corrected chi connectivity index (χ0v) is 7.92. The minimum Gasteiger partial charge on any atom is -0.379 e. The van der Waals surface area contributed by atoms with Gasteiger partial charge in [-0.2, -0.15) is 0 Å². The van der Waals surface area contributed by atoms with Gasteiger partial charge in [-0.1, -0.05) is 12.8 Å². The summed E-state index contributed by atoms with van der Waals surface area (Å²) in [6, 6.07) is 0. The first-order valence-electron chi connectivity index (χ1n) is 5.11. The SMILES string of the molecule is NCC1(C(=O)C2CCCC2)COC1. The van der Waals surface area contributed by atoms with Gasteiger partial charge in [0.15, 0.2) is 0 Å². The molecule has 0 amide bonds. The maximum atomic E-state index is 12.0. The van der Waals surface area contributed by atoms with E-state index in [0.717, 1.165) is 12.8 Å². The Morgan fingerprint density at radius 2 is 2.00 bits per heavy atom. The van der Waals surface area contributed by atoms with Crippen molar-refractivity contribution in [3.8, 4) is 0 Å². The molecule has 3 nitrogen and oxygen atoms in total. The van der Waals surface area contributed by atoms with Gasteiger partial charge >= 0.3 is 0 Å². The second kappa shape index (κ2) is 3.39. The standard InChI is InChI=1S/C10H17NO2/c11-5-10(6-13-7-10)9(12)8-3-1-2-4-8/h8H,1-7,11H2. The first-order valence-corrected chi connectivity index (χ1v) is 5.11. The predicted octanol–water partition coefficient (Wildman–Crippen LogP) is 0.721. The first-order chi connectivity index (χ1) is 6.28. The molecule has 0 aromatic carbocycles. The average Bonchev–Trinajstić information content (AvgIpc) is 2.54. The van der Waals surface area contributed by atoms with Crippen LogP contribution < -0.4 is 5.73 Å². The van der Waals surface area contributed by atoms with Crippen LogP contribution in [0.2, 0.25) is 0 Å². The molecule has 2 aliphatic rings. The lowest BCUT2D eigenvalue weighted by molar-refractivity contribution is -0.161. The lowest BCUT2D eigenvalue weighted by Gasteiger charge is -2.40. The molecular formula is C10H17NO2. The molecule has 0 atom stereocenters. The topological polar surface area (TPSA) is 52.3 Å². The van der Waals surface area contributed by atoms with E-state index in [2.05, 4.69) is 0 Å². The van der Waals surface area contributed by atoms with Crippen LogP contribution >= 0.6 is 0 Å². The van der Waals surface area contributed by atoms with Crippen molar-refractivity contribution in [3.05, 3.63) is 0 Å². The van der Waals surface area contributed by atoms with Crippen LogP contribution in [0.5, 0.6) is 0 Å². The second-order valence-corrected chi connectivity index (χ2v) is 4.32. The highest BCUT2D eigenvalue weighted by atomic mass is 16.5. The van der Waals surface area contributed by atoms with Crippen molar-refractivity contribution in [2.45, 2.75) is 25.7 Å². The van der Waals surface area contributed by atoms with Crippen LogP contribution in [0, 0.1) is 11.3 Å². The second-order valence-electron chi connectivity index (χ2n) is 4.32. The summed E-state index contributed by atoms with van der Waals surface area (Å²) < 4.78 is 5.11. The number of Topliss-reactive ketones (excluding diaryl/α,β-unsaturated/α-hetero) is 1. The predicted molar refractivity (Wildman–Crippen MR) is 49.3 cm³/mol. The molecular weight excluding hydrogens is 166 g/mol. The molecule has 1 saturated heterocycles. The Balaban J connectivity index is 2.01. The average molecular weight is 183 g/mol. The molecule has 2 fully saturated rings. The summed E-state index contributed by atoms with van der Waals surface area (Å²) in [5.41, 5.74) is 5.34. The number of carbonyl (C=O) groups is 1. The van der Waals surface area contributed by atoms with Gasteiger partial charge in [-0.05, 0) is 12.8 Å². The van der Waals surface area contributed by atoms with Crippen molar-refractivity contribution >= 4 is 5.78 Å². The van der Waals surface area contributed by atoms with Crippen LogP contribution in [0.15, 0.2) is 0 Å². The van der Waals surface area contributed by atoms with E-state index in [4.69, 9.17) is 10.5 Å². The van der Waals surface area contributed by atoms with E-state index in [1.54, 1.807) is 0 Å². The number of carbonyl (C=O) groups excluding carboxylic acids is 1. The third-order valence-corrected chi connectivity index (χ3v) is 3.40. The van der Waals surface area contributed by atoms with E-state index >= 15 is 0 Å². The number of rotatable bonds is 3. The van der Waals surface area contributed by atoms with Crippen molar-refractivity contribution in [1.82, 2.24) is 0 Å².